The molecule has 0 aromatic heterocycles. The molecule has 0 unspecified atom stereocenters. The maximum atomic E-state index is 14.3. The second-order valence-electron chi connectivity index (χ2n) is 8.39. The minimum Gasteiger partial charge on any atom is -0.206 e. The van der Waals surface area contributed by atoms with Crippen molar-refractivity contribution in [2.24, 2.45) is 5.92 Å². The summed E-state index contributed by atoms with van der Waals surface area (Å²) in [6.07, 6.45) is 7.10. The Balaban J connectivity index is 1.81. The molecule has 3 aromatic carbocycles. The van der Waals surface area contributed by atoms with Crippen LogP contribution in [0.2, 0.25) is 0 Å². The summed E-state index contributed by atoms with van der Waals surface area (Å²) in [7, 11) is 0. The largest absolute Gasteiger partial charge is 0.206 e. The normalized spacial score (nSPS) is 18.6. The molecule has 30 heavy (non-hydrogen) atoms. The van der Waals surface area contributed by atoms with Crippen LogP contribution in [0.1, 0.15) is 68.1 Å². The van der Waals surface area contributed by atoms with Gasteiger partial charge in [0.2, 0.25) is 0 Å². The van der Waals surface area contributed by atoms with Crippen molar-refractivity contribution in [3.05, 3.63) is 82.4 Å². The molecule has 0 N–H and O–H groups in total. The molecule has 4 rings (SSSR count). The van der Waals surface area contributed by atoms with Crippen LogP contribution < -0.4 is 0 Å². The highest BCUT2D eigenvalue weighted by molar-refractivity contribution is 5.88. The Kier molecular flexibility index (Phi) is 6.12. The van der Waals surface area contributed by atoms with Gasteiger partial charge in [-0.15, -0.1) is 0 Å². The van der Waals surface area contributed by atoms with E-state index in [1.807, 2.05) is 12.1 Å². The molecule has 2 atom stereocenters. The van der Waals surface area contributed by atoms with Crippen molar-refractivity contribution in [2.75, 3.05) is 0 Å². The first-order valence-corrected chi connectivity index (χ1v) is 10.9. The maximum absolute atomic E-state index is 14.3. The number of benzene rings is 3. The Morgan fingerprint density at radius 3 is 2.33 bits per heavy atom. The lowest BCUT2D eigenvalue weighted by molar-refractivity contribution is 0.364. The zero-order chi connectivity index (χ0) is 21.3. The first kappa shape index (κ1) is 20.9. The van der Waals surface area contributed by atoms with Crippen molar-refractivity contribution in [1.82, 2.24) is 0 Å². The molecule has 0 fully saturated rings. The van der Waals surface area contributed by atoms with E-state index in [2.05, 4.69) is 6.92 Å². The summed E-state index contributed by atoms with van der Waals surface area (Å²) < 4.78 is 56.1. The maximum Gasteiger partial charge on any atom is 0.194 e. The van der Waals surface area contributed by atoms with E-state index in [9.17, 15) is 17.6 Å². The predicted molar refractivity (Wildman–Crippen MR) is 113 cm³/mol. The van der Waals surface area contributed by atoms with Crippen LogP contribution in [0.25, 0.3) is 10.8 Å². The van der Waals surface area contributed by atoms with Gasteiger partial charge >= 0.3 is 0 Å². The van der Waals surface area contributed by atoms with Crippen molar-refractivity contribution in [2.45, 2.75) is 57.8 Å². The Hall–Kier alpha value is -2.36. The number of unbranched alkanes of at least 4 members (excludes halogenated alkanes) is 3. The van der Waals surface area contributed by atoms with E-state index in [-0.39, 0.29) is 17.7 Å². The number of fused-ring (bicyclic) bond motifs is 3. The van der Waals surface area contributed by atoms with Gasteiger partial charge in [0.05, 0.1) is 0 Å². The molecule has 158 valence electrons. The highest BCUT2D eigenvalue weighted by Gasteiger charge is 2.32. The minimum atomic E-state index is -1.44. The van der Waals surface area contributed by atoms with Crippen molar-refractivity contribution < 1.29 is 17.6 Å². The van der Waals surface area contributed by atoms with Crippen LogP contribution in [0.5, 0.6) is 0 Å². The van der Waals surface area contributed by atoms with Crippen LogP contribution in [0.15, 0.2) is 42.5 Å². The van der Waals surface area contributed by atoms with Gasteiger partial charge in [-0.1, -0.05) is 56.9 Å². The molecule has 0 bridgehead atoms. The number of rotatable bonds is 6. The Morgan fingerprint density at radius 2 is 1.60 bits per heavy atom. The first-order chi connectivity index (χ1) is 14.5. The number of halogens is 4. The second kappa shape index (κ2) is 8.79. The van der Waals surface area contributed by atoms with E-state index < -0.39 is 17.5 Å². The fourth-order valence-electron chi connectivity index (χ4n) is 5.07. The average molecular weight is 414 g/mol. The zero-order valence-corrected chi connectivity index (χ0v) is 17.2. The third kappa shape index (κ3) is 3.84. The molecule has 0 heterocycles. The SMILES string of the molecule is CCCCCC[C@@H]1CCc2c(ccc3c(F)cccc23)[C@H]1c1cc(F)c(F)c(F)c1. The number of hydrogen-bond acceptors (Lipinski definition) is 0. The lowest BCUT2D eigenvalue weighted by atomic mass is 9.69. The third-order valence-corrected chi connectivity index (χ3v) is 6.52. The lowest BCUT2D eigenvalue weighted by Gasteiger charge is -2.35. The standard InChI is InChI=1S/C26H26F4/c1-2-3-4-5-7-16-10-11-19-18-8-6-9-22(27)20(18)12-13-21(19)25(16)17-14-23(28)26(30)24(29)15-17/h6,8-9,12-16,25H,2-5,7,10-11H2,1H3/t16-,25-/m1/s1. The fourth-order valence-corrected chi connectivity index (χ4v) is 5.07. The number of hydrogen-bond donors (Lipinski definition) is 0. The van der Waals surface area contributed by atoms with Gasteiger partial charge in [0, 0.05) is 11.3 Å². The molecule has 0 aliphatic heterocycles. The molecular weight excluding hydrogens is 388 g/mol. The van der Waals surface area contributed by atoms with Crippen molar-refractivity contribution in [3.63, 3.8) is 0 Å². The predicted octanol–water partition coefficient (Wildman–Crippen LogP) is 8.06. The molecule has 4 heteroatoms. The summed E-state index contributed by atoms with van der Waals surface area (Å²) in [6.45, 7) is 2.16. The molecule has 0 radical (unpaired) electrons. The van der Waals surface area contributed by atoms with Crippen LogP contribution in [0.3, 0.4) is 0 Å². The minimum absolute atomic E-state index is 0.213. The smallest absolute Gasteiger partial charge is 0.194 e. The van der Waals surface area contributed by atoms with Crippen LogP contribution >= 0.6 is 0 Å². The average Bonchev–Trinajstić information content (AvgIpc) is 2.74. The zero-order valence-electron chi connectivity index (χ0n) is 17.2. The van der Waals surface area contributed by atoms with Gasteiger partial charge in [-0.05, 0) is 65.5 Å². The number of aryl methyl sites for hydroxylation is 1. The summed E-state index contributed by atoms with van der Waals surface area (Å²) in [6, 6.07) is 11.0. The Morgan fingerprint density at radius 1 is 0.833 bits per heavy atom. The van der Waals surface area contributed by atoms with E-state index >= 15 is 0 Å². The molecule has 1 aliphatic carbocycles. The van der Waals surface area contributed by atoms with Crippen molar-refractivity contribution in [1.29, 1.82) is 0 Å². The Labute approximate surface area is 174 Å². The first-order valence-electron chi connectivity index (χ1n) is 10.9. The van der Waals surface area contributed by atoms with Gasteiger partial charge < -0.3 is 0 Å². The molecular formula is C26H26F4. The summed E-state index contributed by atoms with van der Waals surface area (Å²) >= 11 is 0. The van der Waals surface area contributed by atoms with Crippen molar-refractivity contribution >= 4 is 10.8 Å². The van der Waals surface area contributed by atoms with E-state index in [4.69, 9.17) is 0 Å². The highest BCUT2D eigenvalue weighted by Crippen LogP contribution is 2.46. The van der Waals surface area contributed by atoms with Gasteiger partial charge in [0.15, 0.2) is 17.5 Å². The van der Waals surface area contributed by atoms with E-state index in [0.29, 0.717) is 10.9 Å². The Bertz CT molecular complexity index is 1030. The van der Waals surface area contributed by atoms with E-state index in [1.165, 1.54) is 6.07 Å². The monoisotopic (exact) mass is 414 g/mol. The van der Waals surface area contributed by atoms with Crippen LogP contribution in [0.4, 0.5) is 17.6 Å². The summed E-state index contributed by atoms with van der Waals surface area (Å²) in [5.41, 5.74) is 2.47. The highest BCUT2D eigenvalue weighted by atomic mass is 19.2. The van der Waals surface area contributed by atoms with Gasteiger partial charge in [0.1, 0.15) is 5.82 Å². The molecule has 0 saturated heterocycles. The molecule has 0 nitrogen and oxygen atoms in total. The van der Waals surface area contributed by atoms with Gasteiger partial charge in [-0.25, -0.2) is 17.6 Å². The van der Waals surface area contributed by atoms with E-state index in [1.54, 1.807) is 12.1 Å². The topological polar surface area (TPSA) is 0 Å². The van der Waals surface area contributed by atoms with Crippen molar-refractivity contribution in [3.8, 4) is 0 Å². The lowest BCUT2D eigenvalue weighted by Crippen LogP contribution is -2.23. The van der Waals surface area contributed by atoms with Crippen LogP contribution in [0, 0.1) is 29.2 Å². The molecule has 0 amide bonds. The summed E-state index contributed by atoms with van der Waals surface area (Å²) in [5.74, 6) is -4.04. The molecule has 1 aliphatic rings. The quantitative estimate of drug-likeness (QED) is 0.217. The second-order valence-corrected chi connectivity index (χ2v) is 8.39. The van der Waals surface area contributed by atoms with Gasteiger partial charge in [-0.3, -0.25) is 0 Å². The van der Waals surface area contributed by atoms with Gasteiger partial charge in [0.25, 0.3) is 0 Å². The molecule has 0 spiro atoms. The molecule has 3 aromatic rings. The van der Waals surface area contributed by atoms with Crippen LogP contribution in [-0.2, 0) is 6.42 Å². The fraction of sp³-hybridized carbons (Fsp3) is 0.385. The molecule has 0 saturated carbocycles. The van der Waals surface area contributed by atoms with Crippen LogP contribution in [-0.4, -0.2) is 0 Å². The summed E-state index contributed by atoms with van der Waals surface area (Å²) in [4.78, 5) is 0. The third-order valence-electron chi connectivity index (χ3n) is 6.52. The van der Waals surface area contributed by atoms with E-state index in [0.717, 1.165) is 73.6 Å². The van der Waals surface area contributed by atoms with Gasteiger partial charge in [-0.2, -0.15) is 0 Å². The summed E-state index contributed by atoms with van der Waals surface area (Å²) in [5, 5.41) is 1.41.